The van der Waals surface area contributed by atoms with Gasteiger partial charge in [0.05, 0.1) is 19.8 Å². The first-order chi connectivity index (χ1) is 8.69. The monoisotopic (exact) mass is 248 g/mol. The van der Waals surface area contributed by atoms with Crippen LogP contribution in [-0.4, -0.2) is 13.7 Å². The zero-order chi connectivity index (χ0) is 13.4. The lowest BCUT2D eigenvalue weighted by Crippen LogP contribution is -2.06. The van der Waals surface area contributed by atoms with Crippen molar-refractivity contribution in [1.29, 1.82) is 5.26 Å². The highest BCUT2D eigenvalue weighted by Gasteiger charge is 2.07. The third kappa shape index (κ3) is 4.27. The first-order valence-electron chi connectivity index (χ1n) is 6.12. The fraction of sp³-hybridized carbons (Fsp3) is 0.500. The molecule has 0 aliphatic carbocycles. The largest absolute Gasteiger partial charge is 0.493 e. The molecular weight excluding hydrogens is 228 g/mol. The van der Waals surface area contributed by atoms with E-state index in [-0.39, 0.29) is 6.04 Å². The highest BCUT2D eigenvalue weighted by atomic mass is 16.5. The molecule has 0 aliphatic rings. The maximum atomic E-state index is 8.42. The van der Waals surface area contributed by atoms with Crippen molar-refractivity contribution < 1.29 is 9.47 Å². The molecule has 1 atom stereocenters. The minimum Gasteiger partial charge on any atom is -0.493 e. The van der Waals surface area contributed by atoms with Gasteiger partial charge in [-0.25, -0.2) is 0 Å². The molecule has 2 N–H and O–H groups in total. The molecule has 0 saturated carbocycles. The summed E-state index contributed by atoms with van der Waals surface area (Å²) in [7, 11) is 1.61. The Labute approximate surface area is 108 Å². The average molecular weight is 248 g/mol. The van der Waals surface area contributed by atoms with E-state index < -0.39 is 0 Å². The lowest BCUT2D eigenvalue weighted by atomic mass is 10.1. The summed E-state index contributed by atoms with van der Waals surface area (Å²) in [5.41, 5.74) is 6.83. The van der Waals surface area contributed by atoms with Crippen molar-refractivity contribution >= 4 is 0 Å². The Bertz CT molecular complexity index is 411. The van der Waals surface area contributed by atoms with Gasteiger partial charge in [-0.2, -0.15) is 5.26 Å². The van der Waals surface area contributed by atoms with Crippen molar-refractivity contribution in [2.24, 2.45) is 5.73 Å². The van der Waals surface area contributed by atoms with Gasteiger partial charge in [0.1, 0.15) is 0 Å². The summed E-state index contributed by atoms with van der Waals surface area (Å²) in [6.07, 6.45) is 2.30. The third-order valence-electron chi connectivity index (χ3n) is 2.65. The molecule has 1 rings (SSSR count). The van der Waals surface area contributed by atoms with Gasteiger partial charge in [0.15, 0.2) is 11.5 Å². The second-order valence-electron chi connectivity index (χ2n) is 4.16. The van der Waals surface area contributed by atoms with E-state index in [1.54, 1.807) is 7.11 Å². The average Bonchev–Trinajstić information content (AvgIpc) is 2.38. The first kappa shape index (κ1) is 14.3. The van der Waals surface area contributed by atoms with Crippen molar-refractivity contribution in [3.05, 3.63) is 23.8 Å². The number of hydrogen-bond acceptors (Lipinski definition) is 4. The Kier molecular flexibility index (Phi) is 6.03. The Balaban J connectivity index is 2.57. The van der Waals surface area contributed by atoms with Gasteiger partial charge in [-0.1, -0.05) is 6.07 Å². The van der Waals surface area contributed by atoms with Gasteiger partial charge in [-0.05, 0) is 37.5 Å². The molecule has 1 aromatic carbocycles. The maximum Gasteiger partial charge on any atom is 0.161 e. The van der Waals surface area contributed by atoms with Crippen molar-refractivity contribution in [2.75, 3.05) is 13.7 Å². The second-order valence-corrected chi connectivity index (χ2v) is 4.16. The van der Waals surface area contributed by atoms with Crippen molar-refractivity contribution in [3.63, 3.8) is 0 Å². The van der Waals surface area contributed by atoms with Crippen LogP contribution < -0.4 is 15.2 Å². The fourth-order valence-corrected chi connectivity index (χ4v) is 1.57. The Morgan fingerprint density at radius 2 is 2.11 bits per heavy atom. The summed E-state index contributed by atoms with van der Waals surface area (Å²) in [5.74, 6) is 1.42. The number of benzene rings is 1. The van der Waals surface area contributed by atoms with E-state index in [9.17, 15) is 0 Å². The predicted molar refractivity (Wildman–Crippen MR) is 70.6 cm³/mol. The number of methoxy groups -OCH3 is 1. The van der Waals surface area contributed by atoms with Crippen LogP contribution in [0.15, 0.2) is 18.2 Å². The molecule has 1 aromatic rings. The van der Waals surface area contributed by atoms with E-state index in [4.69, 9.17) is 20.5 Å². The summed E-state index contributed by atoms with van der Waals surface area (Å²) in [6, 6.07) is 7.81. The van der Waals surface area contributed by atoms with Gasteiger partial charge >= 0.3 is 0 Å². The molecule has 18 heavy (non-hydrogen) atoms. The van der Waals surface area contributed by atoms with Gasteiger partial charge in [-0.3, -0.25) is 0 Å². The van der Waals surface area contributed by atoms with Crippen LogP contribution in [-0.2, 0) is 0 Å². The number of ether oxygens (including phenoxy) is 2. The molecule has 0 radical (unpaired) electrons. The number of nitriles is 1. The van der Waals surface area contributed by atoms with Crippen molar-refractivity contribution in [2.45, 2.75) is 32.2 Å². The van der Waals surface area contributed by atoms with Crippen LogP contribution in [0.2, 0.25) is 0 Å². The predicted octanol–water partition coefficient (Wildman–Crippen LogP) is 2.79. The van der Waals surface area contributed by atoms with Gasteiger partial charge in [0.2, 0.25) is 0 Å². The van der Waals surface area contributed by atoms with Crippen LogP contribution in [0.1, 0.15) is 37.8 Å². The van der Waals surface area contributed by atoms with Crippen molar-refractivity contribution in [3.8, 4) is 17.6 Å². The molecule has 0 aliphatic heterocycles. The van der Waals surface area contributed by atoms with Gasteiger partial charge in [-0.15, -0.1) is 0 Å². The number of nitrogens with two attached hydrogens (primary N) is 1. The van der Waals surface area contributed by atoms with E-state index in [2.05, 4.69) is 6.07 Å². The minimum atomic E-state index is -0.0245. The Hall–Kier alpha value is -1.73. The number of hydrogen-bond donors (Lipinski definition) is 1. The van der Waals surface area contributed by atoms with Crippen LogP contribution in [0.5, 0.6) is 11.5 Å². The zero-order valence-corrected chi connectivity index (χ0v) is 11.0. The smallest absolute Gasteiger partial charge is 0.161 e. The molecule has 0 heterocycles. The fourth-order valence-electron chi connectivity index (χ4n) is 1.57. The second kappa shape index (κ2) is 7.57. The first-order valence-corrected chi connectivity index (χ1v) is 6.12. The van der Waals surface area contributed by atoms with E-state index in [1.165, 1.54) is 0 Å². The van der Waals surface area contributed by atoms with Gasteiger partial charge in [0, 0.05) is 12.5 Å². The maximum absolute atomic E-state index is 8.42. The lowest BCUT2D eigenvalue weighted by Gasteiger charge is -2.13. The molecule has 0 fully saturated rings. The SMILES string of the molecule is COc1cc([C@H](C)N)ccc1OCCCCC#N. The van der Waals surface area contributed by atoms with Crippen LogP contribution in [0.25, 0.3) is 0 Å². The molecule has 0 saturated heterocycles. The van der Waals surface area contributed by atoms with Crippen LogP contribution in [0.4, 0.5) is 0 Å². The van der Waals surface area contributed by atoms with Crippen molar-refractivity contribution in [1.82, 2.24) is 0 Å². The zero-order valence-electron chi connectivity index (χ0n) is 11.0. The standard InChI is InChI=1S/C14H20N2O2/c1-11(16)12-6-7-13(14(10-12)17-2)18-9-5-3-4-8-15/h6-7,10-11H,3-5,9,16H2,1-2H3/t11-/m0/s1. The van der Waals surface area contributed by atoms with Gasteiger partial charge in [0.25, 0.3) is 0 Å². The quantitative estimate of drug-likeness (QED) is 0.753. The summed E-state index contributed by atoms with van der Waals surface area (Å²) < 4.78 is 10.9. The molecule has 0 bridgehead atoms. The Morgan fingerprint density at radius 3 is 2.72 bits per heavy atom. The van der Waals surface area contributed by atoms with E-state index >= 15 is 0 Å². The number of unbranched alkanes of at least 4 members (excludes halogenated alkanes) is 2. The minimum absolute atomic E-state index is 0.0245. The highest BCUT2D eigenvalue weighted by Crippen LogP contribution is 2.29. The molecular formula is C14H20N2O2. The molecule has 4 heteroatoms. The molecule has 0 aromatic heterocycles. The summed E-state index contributed by atoms with van der Waals surface area (Å²) in [5, 5.41) is 8.42. The van der Waals surface area contributed by atoms with Crippen LogP contribution >= 0.6 is 0 Å². The van der Waals surface area contributed by atoms with E-state index in [1.807, 2.05) is 25.1 Å². The Morgan fingerprint density at radius 1 is 1.33 bits per heavy atom. The van der Waals surface area contributed by atoms with E-state index in [0.717, 1.165) is 24.2 Å². The lowest BCUT2D eigenvalue weighted by molar-refractivity contribution is 0.286. The third-order valence-corrected chi connectivity index (χ3v) is 2.65. The number of rotatable bonds is 7. The molecule has 98 valence electrons. The summed E-state index contributed by atoms with van der Waals surface area (Å²) in [4.78, 5) is 0. The van der Waals surface area contributed by atoms with Gasteiger partial charge < -0.3 is 15.2 Å². The molecule has 0 spiro atoms. The molecule has 0 amide bonds. The topological polar surface area (TPSA) is 68.3 Å². The number of nitrogens with zero attached hydrogens (tertiary/aromatic N) is 1. The summed E-state index contributed by atoms with van der Waals surface area (Å²) >= 11 is 0. The van der Waals surface area contributed by atoms with Crippen LogP contribution in [0, 0.1) is 11.3 Å². The highest BCUT2D eigenvalue weighted by molar-refractivity contribution is 5.43. The molecule has 4 nitrogen and oxygen atoms in total. The molecule has 0 unspecified atom stereocenters. The van der Waals surface area contributed by atoms with Crippen LogP contribution in [0.3, 0.4) is 0 Å². The summed E-state index contributed by atoms with van der Waals surface area (Å²) in [6.45, 7) is 2.52. The van der Waals surface area contributed by atoms with E-state index in [0.29, 0.717) is 18.8 Å². The normalized spacial score (nSPS) is 11.7.